The molecule has 0 spiro atoms. The van der Waals surface area contributed by atoms with Crippen molar-refractivity contribution >= 4 is 23.4 Å². The Hall–Kier alpha value is -3.61. The summed E-state index contributed by atoms with van der Waals surface area (Å²) in [5.74, 6) is -2.69. The number of likely N-dealkylation sites (tertiary alicyclic amines) is 1. The average molecular weight is 381 g/mol. The molecule has 2 N–H and O–H groups in total. The first-order valence-corrected chi connectivity index (χ1v) is 8.64. The third-order valence-corrected chi connectivity index (χ3v) is 4.59. The summed E-state index contributed by atoms with van der Waals surface area (Å²) in [6.07, 6.45) is -0.329. The van der Waals surface area contributed by atoms with E-state index in [1.165, 1.54) is 12.0 Å². The van der Waals surface area contributed by atoms with Gasteiger partial charge in [0.05, 0.1) is 25.1 Å². The summed E-state index contributed by atoms with van der Waals surface area (Å²) in [4.78, 5) is 37.6. The number of hydrogen-bond donors (Lipinski definition) is 2. The lowest BCUT2D eigenvalue weighted by Crippen LogP contribution is -2.32. The minimum atomic E-state index is -1.09. The van der Waals surface area contributed by atoms with Crippen molar-refractivity contribution in [2.45, 2.75) is 12.5 Å². The molecule has 1 aliphatic rings. The smallest absolute Gasteiger partial charge is 0.305 e. The topological polar surface area (TPSA) is 104 Å². The van der Waals surface area contributed by atoms with Gasteiger partial charge >= 0.3 is 5.97 Å². The largest absolute Gasteiger partial charge is 0.507 e. The molecule has 0 aromatic heterocycles. The van der Waals surface area contributed by atoms with Crippen LogP contribution < -0.4 is 4.74 Å². The first kappa shape index (κ1) is 19.2. The molecule has 1 amide bonds. The number of methoxy groups -OCH3 is 1. The van der Waals surface area contributed by atoms with E-state index in [0.717, 1.165) is 0 Å². The van der Waals surface area contributed by atoms with Gasteiger partial charge in [-0.1, -0.05) is 48.5 Å². The molecule has 0 saturated carbocycles. The Balaban J connectivity index is 2.20. The maximum Gasteiger partial charge on any atom is 0.305 e. The van der Waals surface area contributed by atoms with Crippen LogP contribution in [0.25, 0.3) is 5.76 Å². The maximum atomic E-state index is 12.8. The number of Topliss-reactive ketones (excluding diaryl/α,β-unsaturated/α-hetero) is 1. The van der Waals surface area contributed by atoms with E-state index in [1.54, 1.807) is 54.6 Å². The van der Waals surface area contributed by atoms with E-state index in [1.807, 2.05) is 0 Å². The molecule has 1 fully saturated rings. The molecule has 1 unspecified atom stereocenters. The SMILES string of the molecule is COc1ccccc1C1/C(=C(\O)c2ccccc2)C(=O)C(=O)N1CCC(=O)O. The number of nitrogens with zero attached hydrogens (tertiary/aromatic N) is 1. The van der Waals surface area contributed by atoms with Crippen molar-refractivity contribution in [1.29, 1.82) is 0 Å². The second-order valence-electron chi connectivity index (χ2n) is 6.24. The van der Waals surface area contributed by atoms with Gasteiger partial charge in [0, 0.05) is 17.7 Å². The highest BCUT2D eigenvalue weighted by molar-refractivity contribution is 6.46. The predicted octanol–water partition coefficient (Wildman–Crippen LogP) is 2.59. The summed E-state index contributed by atoms with van der Waals surface area (Å²) < 4.78 is 5.37. The summed E-state index contributed by atoms with van der Waals surface area (Å²) in [5.41, 5.74) is 0.789. The molecular weight excluding hydrogens is 362 g/mol. The summed E-state index contributed by atoms with van der Waals surface area (Å²) in [5, 5.41) is 19.8. The van der Waals surface area contributed by atoms with Crippen molar-refractivity contribution in [3.63, 3.8) is 0 Å². The number of carboxylic acids is 1. The second kappa shape index (κ2) is 7.96. The standard InChI is InChI=1S/C21H19NO6/c1-28-15-10-6-5-9-14(15)18-17(19(25)13-7-3-2-4-8-13)20(26)21(27)22(18)12-11-16(23)24/h2-10,18,25H,11-12H2,1H3,(H,23,24)/b19-17+. The molecule has 1 saturated heterocycles. The fraction of sp³-hybridized carbons (Fsp3) is 0.190. The zero-order valence-electron chi connectivity index (χ0n) is 15.2. The predicted molar refractivity (Wildman–Crippen MR) is 101 cm³/mol. The number of ketones is 1. The van der Waals surface area contributed by atoms with E-state index in [9.17, 15) is 19.5 Å². The molecule has 2 aromatic carbocycles. The lowest BCUT2D eigenvalue weighted by molar-refractivity contribution is -0.142. The van der Waals surface area contributed by atoms with Crippen LogP contribution in [0.5, 0.6) is 5.75 Å². The summed E-state index contributed by atoms with van der Waals surface area (Å²) in [7, 11) is 1.46. The normalized spacial score (nSPS) is 18.3. The highest BCUT2D eigenvalue weighted by Crippen LogP contribution is 2.42. The van der Waals surface area contributed by atoms with Gasteiger partial charge in [-0.3, -0.25) is 14.4 Å². The fourth-order valence-electron chi connectivity index (χ4n) is 3.29. The van der Waals surface area contributed by atoms with Crippen LogP contribution in [-0.4, -0.2) is 46.4 Å². The minimum Gasteiger partial charge on any atom is -0.507 e. The average Bonchev–Trinajstić information content (AvgIpc) is 2.96. The van der Waals surface area contributed by atoms with E-state index in [2.05, 4.69) is 0 Å². The number of hydrogen-bond acceptors (Lipinski definition) is 5. The van der Waals surface area contributed by atoms with Crippen molar-refractivity contribution in [3.8, 4) is 5.75 Å². The Morgan fingerprint density at radius 2 is 1.68 bits per heavy atom. The highest BCUT2D eigenvalue weighted by atomic mass is 16.5. The third-order valence-electron chi connectivity index (χ3n) is 4.59. The Labute approximate surface area is 161 Å². The number of aliphatic hydroxyl groups is 1. The van der Waals surface area contributed by atoms with Crippen molar-refractivity contribution in [2.24, 2.45) is 0 Å². The molecule has 28 heavy (non-hydrogen) atoms. The van der Waals surface area contributed by atoms with Crippen LogP contribution in [0.1, 0.15) is 23.6 Å². The van der Waals surface area contributed by atoms with Crippen molar-refractivity contribution < 1.29 is 29.3 Å². The molecule has 7 nitrogen and oxygen atoms in total. The zero-order valence-corrected chi connectivity index (χ0v) is 15.2. The quantitative estimate of drug-likeness (QED) is 0.453. The number of aliphatic carboxylic acids is 1. The molecule has 2 aromatic rings. The van der Waals surface area contributed by atoms with Crippen LogP contribution in [0, 0.1) is 0 Å². The van der Waals surface area contributed by atoms with Crippen LogP contribution in [0.2, 0.25) is 0 Å². The first-order chi connectivity index (χ1) is 13.5. The number of carbonyl (C=O) groups excluding carboxylic acids is 2. The number of amides is 1. The van der Waals surface area contributed by atoms with E-state index in [-0.39, 0.29) is 24.3 Å². The molecule has 0 radical (unpaired) electrons. The van der Waals surface area contributed by atoms with Crippen molar-refractivity contribution in [3.05, 3.63) is 71.3 Å². The fourth-order valence-corrected chi connectivity index (χ4v) is 3.29. The van der Waals surface area contributed by atoms with Crippen LogP contribution in [0.15, 0.2) is 60.2 Å². The van der Waals surface area contributed by atoms with Gasteiger partial charge in [-0.25, -0.2) is 0 Å². The van der Waals surface area contributed by atoms with E-state index < -0.39 is 23.7 Å². The van der Waals surface area contributed by atoms with Gasteiger partial charge in [-0.05, 0) is 6.07 Å². The molecule has 1 heterocycles. The van der Waals surface area contributed by atoms with Crippen LogP contribution >= 0.6 is 0 Å². The second-order valence-corrected chi connectivity index (χ2v) is 6.24. The number of aliphatic hydroxyl groups excluding tert-OH is 1. The maximum absolute atomic E-state index is 12.8. The van der Waals surface area contributed by atoms with Gasteiger partial charge in [0.25, 0.3) is 11.7 Å². The Kier molecular flexibility index (Phi) is 5.44. The monoisotopic (exact) mass is 381 g/mol. The number of carboxylic acid groups (broad SMARTS) is 1. The number of benzene rings is 2. The number of ether oxygens (including phenoxy) is 1. The Bertz CT molecular complexity index is 950. The van der Waals surface area contributed by atoms with Gasteiger partial charge < -0.3 is 19.8 Å². The summed E-state index contributed by atoms with van der Waals surface area (Å²) in [6.45, 7) is -0.172. The van der Waals surface area contributed by atoms with Gasteiger partial charge in [0.2, 0.25) is 0 Å². The van der Waals surface area contributed by atoms with E-state index in [0.29, 0.717) is 16.9 Å². The molecule has 1 aliphatic heterocycles. The van der Waals surface area contributed by atoms with Gasteiger partial charge in [0.15, 0.2) is 0 Å². The zero-order chi connectivity index (χ0) is 20.3. The summed E-state index contributed by atoms with van der Waals surface area (Å²) in [6, 6.07) is 14.3. The first-order valence-electron chi connectivity index (χ1n) is 8.64. The van der Waals surface area contributed by atoms with Crippen molar-refractivity contribution in [2.75, 3.05) is 13.7 Å². The molecular formula is C21H19NO6. The minimum absolute atomic E-state index is 0.0916. The molecule has 3 rings (SSSR count). The Morgan fingerprint density at radius 3 is 2.32 bits per heavy atom. The van der Waals surface area contributed by atoms with Crippen molar-refractivity contribution in [1.82, 2.24) is 4.90 Å². The highest BCUT2D eigenvalue weighted by Gasteiger charge is 2.46. The number of rotatable bonds is 6. The van der Waals surface area contributed by atoms with E-state index in [4.69, 9.17) is 9.84 Å². The third kappa shape index (κ3) is 3.46. The van der Waals surface area contributed by atoms with Crippen LogP contribution in [0.3, 0.4) is 0 Å². The Morgan fingerprint density at radius 1 is 1.04 bits per heavy atom. The molecule has 0 bridgehead atoms. The lowest BCUT2D eigenvalue weighted by atomic mass is 9.94. The van der Waals surface area contributed by atoms with Crippen LogP contribution in [0.4, 0.5) is 0 Å². The van der Waals surface area contributed by atoms with E-state index >= 15 is 0 Å². The van der Waals surface area contributed by atoms with Gasteiger partial charge in [0.1, 0.15) is 11.5 Å². The molecule has 7 heteroatoms. The summed E-state index contributed by atoms with van der Waals surface area (Å²) >= 11 is 0. The molecule has 0 aliphatic carbocycles. The molecule has 144 valence electrons. The molecule has 1 atom stereocenters. The number of carbonyl (C=O) groups is 3. The lowest BCUT2D eigenvalue weighted by Gasteiger charge is -2.26. The van der Waals surface area contributed by atoms with Gasteiger partial charge in [-0.15, -0.1) is 0 Å². The number of para-hydroxylation sites is 1. The van der Waals surface area contributed by atoms with Crippen LogP contribution in [-0.2, 0) is 14.4 Å². The van der Waals surface area contributed by atoms with Gasteiger partial charge in [-0.2, -0.15) is 0 Å².